The Kier molecular flexibility index (Phi) is 5.24. The lowest BCUT2D eigenvalue weighted by molar-refractivity contribution is -0.357. The van der Waals surface area contributed by atoms with Crippen LogP contribution in [0.15, 0.2) is 42.5 Å². The summed E-state index contributed by atoms with van der Waals surface area (Å²) in [6, 6.07) is 12.4. The molecule has 2 heterocycles. The number of hydrogen-bond acceptors (Lipinski definition) is 8. The fraction of sp³-hybridized carbons (Fsp3) is 0.429. The van der Waals surface area contributed by atoms with Crippen molar-refractivity contribution in [2.24, 2.45) is 0 Å². The molecule has 2 aromatic rings. The van der Waals surface area contributed by atoms with Crippen molar-refractivity contribution in [1.29, 1.82) is 0 Å². The van der Waals surface area contributed by atoms with Crippen LogP contribution < -0.4 is 9.47 Å². The maximum Gasteiger partial charge on any atom is 0.222 e. The van der Waals surface area contributed by atoms with Gasteiger partial charge in [-0.2, -0.15) is 0 Å². The van der Waals surface area contributed by atoms with E-state index < -0.39 is 36.8 Å². The number of rotatable bonds is 4. The van der Waals surface area contributed by atoms with Gasteiger partial charge in [-0.15, -0.1) is 0 Å². The van der Waals surface area contributed by atoms with Gasteiger partial charge in [0, 0.05) is 17.0 Å². The first-order chi connectivity index (χ1) is 13.9. The molecule has 1 unspecified atom stereocenters. The SMILES string of the molecule is COc1ccc(C2COc3ccc([C@@]4(O)O[C@H](CO)[C@@H](O)[C@H](O)[C@H]4O)cc32)cc1. The van der Waals surface area contributed by atoms with Gasteiger partial charge in [-0.3, -0.25) is 0 Å². The van der Waals surface area contributed by atoms with E-state index in [4.69, 9.17) is 14.2 Å². The Hall–Kier alpha value is -2.20. The van der Waals surface area contributed by atoms with Crippen LogP contribution in [0.4, 0.5) is 0 Å². The van der Waals surface area contributed by atoms with Gasteiger partial charge < -0.3 is 39.7 Å². The summed E-state index contributed by atoms with van der Waals surface area (Å²) in [5, 5.41) is 50.9. The summed E-state index contributed by atoms with van der Waals surface area (Å²) in [7, 11) is 1.59. The molecule has 5 N–H and O–H groups in total. The molecule has 0 saturated carbocycles. The number of aliphatic hydroxyl groups excluding tert-OH is 4. The minimum absolute atomic E-state index is 0.107. The zero-order valence-electron chi connectivity index (χ0n) is 15.8. The summed E-state index contributed by atoms with van der Waals surface area (Å²) in [6.07, 6.45) is -6.27. The second kappa shape index (κ2) is 7.56. The predicted molar refractivity (Wildman–Crippen MR) is 101 cm³/mol. The molecule has 156 valence electrons. The average Bonchev–Trinajstić information content (AvgIpc) is 3.18. The minimum Gasteiger partial charge on any atom is -0.497 e. The van der Waals surface area contributed by atoms with E-state index in [9.17, 15) is 25.5 Å². The quantitative estimate of drug-likeness (QED) is 0.476. The molecular weight excluding hydrogens is 380 g/mol. The van der Waals surface area contributed by atoms with Crippen LogP contribution in [0.1, 0.15) is 22.6 Å². The number of methoxy groups -OCH3 is 1. The molecule has 2 aliphatic rings. The highest BCUT2D eigenvalue weighted by Crippen LogP contribution is 2.43. The number of fused-ring (bicyclic) bond motifs is 1. The highest BCUT2D eigenvalue weighted by molar-refractivity contribution is 5.49. The molecule has 2 aliphatic heterocycles. The van der Waals surface area contributed by atoms with Crippen LogP contribution in [0.25, 0.3) is 0 Å². The molecular formula is C21H24O8. The van der Waals surface area contributed by atoms with Crippen molar-refractivity contribution in [2.75, 3.05) is 20.3 Å². The van der Waals surface area contributed by atoms with E-state index in [0.717, 1.165) is 16.9 Å². The maximum absolute atomic E-state index is 11.0. The Morgan fingerprint density at radius 1 is 1.07 bits per heavy atom. The molecule has 0 bridgehead atoms. The largest absolute Gasteiger partial charge is 0.497 e. The summed E-state index contributed by atoms with van der Waals surface area (Å²) in [6.45, 7) is -0.219. The number of hydrogen-bond donors (Lipinski definition) is 5. The van der Waals surface area contributed by atoms with Gasteiger partial charge in [0.2, 0.25) is 5.79 Å². The van der Waals surface area contributed by atoms with Crippen molar-refractivity contribution in [1.82, 2.24) is 0 Å². The van der Waals surface area contributed by atoms with E-state index in [0.29, 0.717) is 12.4 Å². The molecule has 0 aromatic heterocycles. The van der Waals surface area contributed by atoms with Gasteiger partial charge in [0.1, 0.15) is 35.9 Å². The normalized spacial score (nSPS) is 33.8. The summed E-state index contributed by atoms with van der Waals surface area (Å²) >= 11 is 0. The molecule has 0 amide bonds. The van der Waals surface area contributed by atoms with Crippen LogP contribution in [0.5, 0.6) is 11.5 Å². The number of ether oxygens (including phenoxy) is 3. The van der Waals surface area contributed by atoms with Gasteiger partial charge in [-0.05, 0) is 35.9 Å². The molecule has 1 fully saturated rings. The second-order valence-electron chi connectivity index (χ2n) is 7.35. The summed E-state index contributed by atoms with van der Waals surface area (Å²) in [4.78, 5) is 0. The number of benzene rings is 2. The third-order valence-corrected chi connectivity index (χ3v) is 5.69. The summed E-state index contributed by atoms with van der Waals surface area (Å²) in [5.74, 6) is -1.03. The van der Waals surface area contributed by atoms with Gasteiger partial charge in [0.25, 0.3) is 0 Å². The monoisotopic (exact) mass is 404 g/mol. The molecule has 0 radical (unpaired) electrons. The molecule has 4 rings (SSSR count). The van der Waals surface area contributed by atoms with Crippen molar-refractivity contribution in [2.45, 2.75) is 36.1 Å². The highest BCUT2D eigenvalue weighted by atomic mass is 16.7. The molecule has 29 heavy (non-hydrogen) atoms. The summed E-state index contributed by atoms with van der Waals surface area (Å²) < 4.78 is 16.4. The first kappa shape index (κ1) is 20.1. The smallest absolute Gasteiger partial charge is 0.222 e. The molecule has 0 aliphatic carbocycles. The Morgan fingerprint density at radius 2 is 1.79 bits per heavy atom. The van der Waals surface area contributed by atoms with Crippen molar-refractivity contribution < 1.29 is 39.7 Å². The van der Waals surface area contributed by atoms with Gasteiger partial charge in [-0.1, -0.05) is 12.1 Å². The van der Waals surface area contributed by atoms with Crippen molar-refractivity contribution >= 4 is 0 Å². The van der Waals surface area contributed by atoms with E-state index in [1.807, 2.05) is 24.3 Å². The van der Waals surface area contributed by atoms with Crippen LogP contribution in [-0.2, 0) is 10.5 Å². The van der Waals surface area contributed by atoms with Gasteiger partial charge in [-0.25, -0.2) is 0 Å². The fourth-order valence-corrected chi connectivity index (χ4v) is 3.94. The van der Waals surface area contributed by atoms with Crippen LogP contribution in [0.3, 0.4) is 0 Å². The molecule has 0 spiro atoms. The van der Waals surface area contributed by atoms with Gasteiger partial charge in [0.05, 0.1) is 20.3 Å². The van der Waals surface area contributed by atoms with Crippen LogP contribution in [0.2, 0.25) is 0 Å². The van der Waals surface area contributed by atoms with Crippen LogP contribution in [-0.4, -0.2) is 70.3 Å². The minimum atomic E-state index is -2.30. The van der Waals surface area contributed by atoms with Gasteiger partial charge in [0.15, 0.2) is 0 Å². The van der Waals surface area contributed by atoms with E-state index in [1.54, 1.807) is 19.2 Å². The zero-order chi connectivity index (χ0) is 20.8. The lowest BCUT2D eigenvalue weighted by Crippen LogP contribution is -2.63. The van der Waals surface area contributed by atoms with E-state index in [1.165, 1.54) is 6.07 Å². The lowest BCUT2D eigenvalue weighted by Gasteiger charge is -2.45. The highest BCUT2D eigenvalue weighted by Gasteiger charge is 2.53. The molecule has 2 aromatic carbocycles. The molecule has 6 atom stereocenters. The first-order valence-electron chi connectivity index (χ1n) is 9.35. The van der Waals surface area contributed by atoms with E-state index >= 15 is 0 Å². The van der Waals surface area contributed by atoms with Crippen LogP contribution >= 0.6 is 0 Å². The second-order valence-corrected chi connectivity index (χ2v) is 7.35. The molecule has 8 heteroatoms. The summed E-state index contributed by atoms with van der Waals surface area (Å²) in [5.41, 5.74) is 1.97. The Balaban J connectivity index is 1.70. The zero-order valence-corrected chi connectivity index (χ0v) is 15.8. The molecule has 8 nitrogen and oxygen atoms in total. The molecule has 1 saturated heterocycles. The average molecular weight is 404 g/mol. The standard InChI is InChI=1S/C21H24O8/c1-27-13-5-2-11(3-6-13)15-10-28-16-7-4-12(8-14(15)16)21(26)20(25)19(24)18(23)17(9-22)29-21/h2-8,15,17-20,22-26H,9-10H2,1H3/t15?,17-,18-,19+,20-,21-/m1/s1. The Bertz CT molecular complexity index is 867. The third kappa shape index (κ3) is 3.28. The maximum atomic E-state index is 11.0. The first-order valence-corrected chi connectivity index (χ1v) is 9.35. The van der Waals surface area contributed by atoms with Crippen molar-refractivity contribution in [3.63, 3.8) is 0 Å². The fourth-order valence-electron chi connectivity index (χ4n) is 3.94. The van der Waals surface area contributed by atoms with Gasteiger partial charge >= 0.3 is 0 Å². The van der Waals surface area contributed by atoms with Crippen molar-refractivity contribution in [3.8, 4) is 11.5 Å². The number of aliphatic hydroxyl groups is 5. The lowest BCUT2D eigenvalue weighted by atomic mass is 9.85. The third-order valence-electron chi connectivity index (χ3n) is 5.69. The van der Waals surface area contributed by atoms with Crippen LogP contribution in [0, 0.1) is 0 Å². The topological polar surface area (TPSA) is 129 Å². The van der Waals surface area contributed by atoms with E-state index in [-0.39, 0.29) is 11.5 Å². The Labute approximate surface area is 167 Å². The van der Waals surface area contributed by atoms with E-state index in [2.05, 4.69) is 0 Å². The van der Waals surface area contributed by atoms with Crippen molar-refractivity contribution in [3.05, 3.63) is 59.2 Å². The predicted octanol–water partition coefficient (Wildman–Crippen LogP) is -0.162. The Morgan fingerprint density at radius 3 is 2.45 bits per heavy atom.